The van der Waals surface area contributed by atoms with Gasteiger partial charge in [0.1, 0.15) is 0 Å². The van der Waals surface area contributed by atoms with Crippen LogP contribution in [-0.2, 0) is 14.3 Å². The third-order valence-electron chi connectivity index (χ3n) is 4.11. The molecule has 0 aromatic carbocycles. The first-order valence-corrected chi connectivity index (χ1v) is 9.16. The molecule has 0 saturated heterocycles. The zero-order valence-electron chi connectivity index (χ0n) is 13.3. The zero-order chi connectivity index (χ0) is 16.3. The normalized spacial score (nSPS) is 20.2. The number of carboxylic acid groups (broad SMARTS) is 1. The van der Waals surface area contributed by atoms with Gasteiger partial charge in [-0.25, -0.2) is 4.79 Å². The minimum atomic E-state index is -3.59. The number of rotatable bonds is 6. The van der Waals surface area contributed by atoms with Crippen molar-refractivity contribution in [1.82, 2.24) is 5.32 Å². The molecule has 7 heteroatoms. The van der Waals surface area contributed by atoms with E-state index in [1.165, 1.54) is 0 Å². The Bertz CT molecular complexity index is 448. The summed E-state index contributed by atoms with van der Waals surface area (Å²) in [5, 5.41) is 11.5. The van der Waals surface area contributed by atoms with Gasteiger partial charge in [-0.15, -0.1) is 0 Å². The summed E-state index contributed by atoms with van der Waals surface area (Å²) < 4.78 is 27.3. The average Bonchev–Trinajstić information content (AvgIpc) is 2.75. The third-order valence-corrected chi connectivity index (χ3v) is 4.68. The van der Waals surface area contributed by atoms with E-state index in [-0.39, 0.29) is 17.9 Å². The van der Waals surface area contributed by atoms with Crippen molar-refractivity contribution < 1.29 is 22.5 Å². The number of nitrogens with one attached hydrogen (secondary N) is 1. The SMILES string of the molecule is CC(C)(C)[C@H](C1CCCC1)C(COS(C)(=O)=O)NC(=O)O. The van der Waals surface area contributed by atoms with Gasteiger partial charge < -0.3 is 10.4 Å². The third kappa shape index (κ3) is 6.22. The van der Waals surface area contributed by atoms with Crippen LogP contribution in [0, 0.1) is 17.3 Å². The Hall–Kier alpha value is -0.820. The molecule has 6 nitrogen and oxygen atoms in total. The molecule has 0 bridgehead atoms. The summed E-state index contributed by atoms with van der Waals surface area (Å²) in [5.74, 6) is 0.433. The van der Waals surface area contributed by atoms with Crippen molar-refractivity contribution in [1.29, 1.82) is 0 Å². The van der Waals surface area contributed by atoms with Gasteiger partial charge in [0.05, 0.1) is 18.9 Å². The summed E-state index contributed by atoms with van der Waals surface area (Å²) in [6, 6.07) is -0.527. The van der Waals surface area contributed by atoms with Gasteiger partial charge in [0.25, 0.3) is 10.1 Å². The lowest BCUT2D eigenvalue weighted by Crippen LogP contribution is -2.50. The summed E-state index contributed by atoms with van der Waals surface area (Å²) in [5.41, 5.74) is -0.136. The van der Waals surface area contributed by atoms with Crippen molar-refractivity contribution in [2.45, 2.75) is 52.5 Å². The molecule has 0 aromatic rings. The Balaban J connectivity index is 2.95. The summed E-state index contributed by atoms with van der Waals surface area (Å²) in [6.45, 7) is 6.04. The van der Waals surface area contributed by atoms with Crippen molar-refractivity contribution in [2.75, 3.05) is 12.9 Å². The Kier molecular flexibility index (Phi) is 6.04. The quantitative estimate of drug-likeness (QED) is 0.733. The number of hydrogen-bond acceptors (Lipinski definition) is 4. The lowest BCUT2D eigenvalue weighted by Gasteiger charge is -2.40. The summed E-state index contributed by atoms with van der Waals surface area (Å²) >= 11 is 0. The van der Waals surface area contributed by atoms with Crippen molar-refractivity contribution in [3.8, 4) is 0 Å². The Morgan fingerprint density at radius 3 is 2.24 bits per heavy atom. The van der Waals surface area contributed by atoms with E-state index in [4.69, 9.17) is 9.29 Å². The van der Waals surface area contributed by atoms with Crippen molar-refractivity contribution in [3.05, 3.63) is 0 Å². The molecule has 124 valence electrons. The van der Waals surface area contributed by atoms with Gasteiger partial charge in [-0.05, 0) is 17.3 Å². The molecule has 0 aromatic heterocycles. The molecule has 1 unspecified atom stereocenters. The van der Waals surface area contributed by atoms with Crippen LogP contribution in [0.1, 0.15) is 46.5 Å². The first kappa shape index (κ1) is 18.2. The van der Waals surface area contributed by atoms with Crippen LogP contribution in [0.25, 0.3) is 0 Å². The fraction of sp³-hybridized carbons (Fsp3) is 0.929. The topological polar surface area (TPSA) is 92.7 Å². The molecular formula is C14H27NO5S. The molecule has 1 rings (SSSR count). The summed E-state index contributed by atoms with van der Waals surface area (Å²) in [6.07, 6.45) is 4.22. The van der Waals surface area contributed by atoms with Gasteiger partial charge >= 0.3 is 6.09 Å². The van der Waals surface area contributed by atoms with Gasteiger partial charge in [-0.1, -0.05) is 46.5 Å². The second-order valence-electron chi connectivity index (χ2n) is 6.98. The van der Waals surface area contributed by atoms with Crippen LogP contribution < -0.4 is 5.32 Å². The highest BCUT2D eigenvalue weighted by molar-refractivity contribution is 7.85. The van der Waals surface area contributed by atoms with E-state index in [9.17, 15) is 13.2 Å². The van der Waals surface area contributed by atoms with E-state index >= 15 is 0 Å². The van der Waals surface area contributed by atoms with E-state index in [0.717, 1.165) is 31.9 Å². The first-order valence-electron chi connectivity index (χ1n) is 7.34. The predicted octanol–water partition coefficient (Wildman–Crippen LogP) is 2.45. The van der Waals surface area contributed by atoms with Crippen molar-refractivity contribution in [2.24, 2.45) is 17.3 Å². The fourth-order valence-corrected chi connectivity index (χ4v) is 3.94. The van der Waals surface area contributed by atoms with Crippen LogP contribution in [0.3, 0.4) is 0 Å². The molecule has 1 aliphatic rings. The maximum atomic E-state index is 11.2. The lowest BCUT2D eigenvalue weighted by molar-refractivity contribution is 0.0812. The average molecular weight is 321 g/mol. The number of amides is 1. The van der Waals surface area contributed by atoms with E-state index in [1.807, 2.05) is 0 Å². The number of hydrogen-bond donors (Lipinski definition) is 2. The Morgan fingerprint density at radius 1 is 1.33 bits per heavy atom. The van der Waals surface area contributed by atoms with Crippen LogP contribution in [-0.4, -0.2) is 38.5 Å². The molecule has 2 atom stereocenters. The second-order valence-corrected chi connectivity index (χ2v) is 8.62. The van der Waals surface area contributed by atoms with E-state index in [2.05, 4.69) is 26.1 Å². The highest BCUT2D eigenvalue weighted by atomic mass is 32.2. The van der Waals surface area contributed by atoms with E-state index in [1.54, 1.807) is 0 Å². The smallest absolute Gasteiger partial charge is 0.404 e. The van der Waals surface area contributed by atoms with Crippen molar-refractivity contribution >= 4 is 16.2 Å². The lowest BCUT2D eigenvalue weighted by atomic mass is 9.68. The largest absolute Gasteiger partial charge is 0.465 e. The van der Waals surface area contributed by atoms with E-state index in [0.29, 0.717) is 5.92 Å². The van der Waals surface area contributed by atoms with Gasteiger partial charge in [0, 0.05) is 0 Å². The molecule has 0 radical (unpaired) electrons. The molecule has 2 N–H and O–H groups in total. The van der Waals surface area contributed by atoms with Crippen LogP contribution in [0.4, 0.5) is 4.79 Å². The van der Waals surface area contributed by atoms with E-state index < -0.39 is 22.3 Å². The van der Waals surface area contributed by atoms with Crippen LogP contribution in [0.2, 0.25) is 0 Å². The van der Waals surface area contributed by atoms with Gasteiger partial charge in [0.15, 0.2) is 0 Å². The monoisotopic (exact) mass is 321 g/mol. The maximum absolute atomic E-state index is 11.2. The molecule has 1 fully saturated rings. The Morgan fingerprint density at radius 2 is 1.86 bits per heavy atom. The maximum Gasteiger partial charge on any atom is 0.404 e. The number of carbonyl (C=O) groups is 1. The molecule has 0 spiro atoms. The highest BCUT2D eigenvalue weighted by Gasteiger charge is 2.40. The van der Waals surface area contributed by atoms with Gasteiger partial charge in [-0.2, -0.15) is 8.42 Å². The van der Waals surface area contributed by atoms with Crippen LogP contribution in [0.5, 0.6) is 0 Å². The minimum absolute atomic E-state index is 0.0397. The summed E-state index contributed by atoms with van der Waals surface area (Å²) in [7, 11) is -3.59. The van der Waals surface area contributed by atoms with Crippen LogP contribution in [0.15, 0.2) is 0 Å². The minimum Gasteiger partial charge on any atom is -0.465 e. The van der Waals surface area contributed by atoms with Gasteiger partial charge in [-0.3, -0.25) is 4.18 Å². The summed E-state index contributed by atoms with van der Waals surface area (Å²) in [4.78, 5) is 11.1. The molecular weight excluding hydrogens is 294 g/mol. The van der Waals surface area contributed by atoms with Crippen LogP contribution >= 0.6 is 0 Å². The molecule has 1 amide bonds. The molecule has 1 saturated carbocycles. The second kappa shape index (κ2) is 6.96. The molecule has 0 aliphatic heterocycles. The first-order chi connectivity index (χ1) is 9.50. The molecule has 0 heterocycles. The zero-order valence-corrected chi connectivity index (χ0v) is 14.1. The Labute approximate surface area is 127 Å². The predicted molar refractivity (Wildman–Crippen MR) is 80.6 cm³/mol. The molecule has 1 aliphatic carbocycles. The highest BCUT2D eigenvalue weighted by Crippen LogP contribution is 2.42. The fourth-order valence-electron chi connectivity index (χ4n) is 3.55. The standard InChI is InChI=1S/C14H27NO5S/c1-14(2,3)12(10-7-5-6-8-10)11(15-13(16)17)9-20-21(4,18)19/h10-12,15H,5-9H2,1-4H3,(H,16,17)/t11?,12-/m1/s1. The van der Waals surface area contributed by atoms with Crippen molar-refractivity contribution in [3.63, 3.8) is 0 Å². The molecule has 21 heavy (non-hydrogen) atoms. The van der Waals surface area contributed by atoms with Gasteiger partial charge in [0.2, 0.25) is 0 Å².